The molecule has 1 aromatic carbocycles. The Morgan fingerprint density at radius 1 is 1.21 bits per heavy atom. The molecule has 2 rings (SSSR count). The monoisotopic (exact) mass is 257 g/mol. The van der Waals surface area contributed by atoms with Gasteiger partial charge >= 0.3 is 0 Å². The number of rotatable bonds is 4. The summed E-state index contributed by atoms with van der Waals surface area (Å²) in [7, 11) is 0. The van der Waals surface area contributed by atoms with Crippen molar-refractivity contribution in [2.45, 2.75) is 41.2 Å². The van der Waals surface area contributed by atoms with E-state index < -0.39 is 0 Å². The maximum Gasteiger partial charge on any atom is 0.207 e. The molecule has 1 N–H and O–H groups in total. The van der Waals surface area contributed by atoms with Gasteiger partial charge in [0.05, 0.1) is 5.69 Å². The normalized spacial score (nSPS) is 11.1. The van der Waals surface area contributed by atoms with Crippen molar-refractivity contribution in [3.63, 3.8) is 0 Å². The lowest BCUT2D eigenvalue weighted by Crippen LogP contribution is -2.08. The lowest BCUT2D eigenvalue weighted by molar-refractivity contribution is 0.527. The summed E-state index contributed by atoms with van der Waals surface area (Å²) >= 11 is 0. The smallest absolute Gasteiger partial charge is 0.207 e. The van der Waals surface area contributed by atoms with Crippen molar-refractivity contribution in [2.75, 3.05) is 5.32 Å². The molecular weight excluding hydrogens is 234 g/mol. The average Bonchev–Trinajstić information content (AvgIpc) is 2.62. The molecule has 0 saturated heterocycles. The van der Waals surface area contributed by atoms with Gasteiger partial charge in [0.15, 0.2) is 0 Å². The van der Waals surface area contributed by atoms with Gasteiger partial charge in [0.2, 0.25) is 5.95 Å². The zero-order valence-electron chi connectivity index (χ0n) is 12.5. The number of hydrogen-bond acceptors (Lipinski definition) is 2. The van der Waals surface area contributed by atoms with Crippen LogP contribution in [0.1, 0.15) is 30.7 Å². The van der Waals surface area contributed by atoms with Crippen molar-refractivity contribution in [1.82, 2.24) is 9.55 Å². The van der Waals surface area contributed by atoms with Crippen LogP contribution in [0.3, 0.4) is 0 Å². The second-order valence-electron chi connectivity index (χ2n) is 5.70. The zero-order chi connectivity index (χ0) is 14.0. The number of hydrogen-bond donors (Lipinski definition) is 1. The largest absolute Gasteiger partial charge is 0.325 e. The first-order chi connectivity index (χ1) is 8.95. The molecule has 0 fully saturated rings. The maximum atomic E-state index is 4.57. The van der Waals surface area contributed by atoms with Crippen molar-refractivity contribution in [1.29, 1.82) is 0 Å². The van der Waals surface area contributed by atoms with Gasteiger partial charge < -0.3 is 9.88 Å². The minimum Gasteiger partial charge on any atom is -0.325 e. The van der Waals surface area contributed by atoms with Crippen molar-refractivity contribution in [3.05, 3.63) is 41.2 Å². The Labute approximate surface area is 115 Å². The van der Waals surface area contributed by atoms with Gasteiger partial charge in [-0.15, -0.1) is 0 Å². The predicted molar refractivity (Wildman–Crippen MR) is 81.0 cm³/mol. The third kappa shape index (κ3) is 3.37. The summed E-state index contributed by atoms with van der Waals surface area (Å²) in [6, 6.07) is 6.43. The highest BCUT2D eigenvalue weighted by molar-refractivity contribution is 5.59. The number of benzene rings is 1. The van der Waals surface area contributed by atoms with Crippen molar-refractivity contribution in [3.8, 4) is 0 Å². The average molecular weight is 257 g/mol. The first-order valence-electron chi connectivity index (χ1n) is 6.83. The Hall–Kier alpha value is -1.77. The number of nitrogens with one attached hydrogen (secondary N) is 1. The van der Waals surface area contributed by atoms with Crippen LogP contribution in [0.5, 0.6) is 0 Å². The molecule has 3 nitrogen and oxygen atoms in total. The highest BCUT2D eigenvalue weighted by Crippen LogP contribution is 2.21. The first kappa shape index (κ1) is 13.7. The topological polar surface area (TPSA) is 29.9 Å². The Morgan fingerprint density at radius 3 is 2.58 bits per heavy atom. The van der Waals surface area contributed by atoms with Crippen LogP contribution in [0.2, 0.25) is 0 Å². The van der Waals surface area contributed by atoms with E-state index in [2.05, 4.69) is 67.0 Å². The summed E-state index contributed by atoms with van der Waals surface area (Å²) in [4.78, 5) is 4.57. The van der Waals surface area contributed by atoms with Crippen LogP contribution in [0.4, 0.5) is 11.6 Å². The molecule has 0 atom stereocenters. The SMILES string of the molecule is Cc1ccc(Nc2nc(C)cn2CC(C)C)c(C)c1. The minimum absolute atomic E-state index is 0.605. The van der Waals surface area contributed by atoms with Crippen LogP contribution in [0.15, 0.2) is 24.4 Å². The zero-order valence-corrected chi connectivity index (χ0v) is 12.5. The van der Waals surface area contributed by atoms with Gasteiger partial charge in [0.25, 0.3) is 0 Å². The fourth-order valence-electron chi connectivity index (χ4n) is 2.25. The van der Waals surface area contributed by atoms with Crippen LogP contribution >= 0.6 is 0 Å². The summed E-state index contributed by atoms with van der Waals surface area (Å²) in [5.41, 5.74) is 4.70. The van der Waals surface area contributed by atoms with E-state index in [1.165, 1.54) is 11.1 Å². The van der Waals surface area contributed by atoms with Crippen molar-refractivity contribution in [2.24, 2.45) is 5.92 Å². The van der Waals surface area contributed by atoms with Crippen LogP contribution in [0.25, 0.3) is 0 Å². The van der Waals surface area contributed by atoms with Gasteiger partial charge in [-0.2, -0.15) is 0 Å². The van der Waals surface area contributed by atoms with E-state index in [0.29, 0.717) is 5.92 Å². The van der Waals surface area contributed by atoms with Gasteiger partial charge in [-0.05, 0) is 38.3 Å². The van der Waals surface area contributed by atoms with Gasteiger partial charge in [-0.25, -0.2) is 4.98 Å². The maximum absolute atomic E-state index is 4.57. The Kier molecular flexibility index (Phi) is 3.93. The molecule has 0 aliphatic carbocycles. The first-order valence-corrected chi connectivity index (χ1v) is 6.83. The van der Waals surface area contributed by atoms with E-state index in [1.807, 2.05) is 6.92 Å². The number of aryl methyl sites for hydroxylation is 3. The van der Waals surface area contributed by atoms with Gasteiger partial charge in [0.1, 0.15) is 0 Å². The molecule has 0 aliphatic rings. The molecular formula is C16H23N3. The fraction of sp³-hybridized carbons (Fsp3) is 0.438. The molecule has 0 radical (unpaired) electrons. The molecule has 2 aromatic rings. The summed E-state index contributed by atoms with van der Waals surface area (Å²) in [5.74, 6) is 1.53. The highest BCUT2D eigenvalue weighted by Gasteiger charge is 2.08. The Morgan fingerprint density at radius 2 is 1.95 bits per heavy atom. The molecule has 102 valence electrons. The lowest BCUT2D eigenvalue weighted by atomic mass is 10.1. The van der Waals surface area contributed by atoms with Gasteiger partial charge in [0, 0.05) is 18.4 Å². The fourth-order valence-corrected chi connectivity index (χ4v) is 2.25. The van der Waals surface area contributed by atoms with E-state index in [-0.39, 0.29) is 0 Å². The van der Waals surface area contributed by atoms with E-state index in [9.17, 15) is 0 Å². The summed E-state index contributed by atoms with van der Waals surface area (Å²) in [5, 5.41) is 3.45. The molecule has 0 saturated carbocycles. The number of imidazole rings is 1. The van der Waals surface area contributed by atoms with Gasteiger partial charge in [-0.1, -0.05) is 31.5 Å². The number of aromatic nitrogens is 2. The molecule has 1 heterocycles. The van der Waals surface area contributed by atoms with Crippen LogP contribution < -0.4 is 5.32 Å². The molecule has 19 heavy (non-hydrogen) atoms. The van der Waals surface area contributed by atoms with Crippen LogP contribution in [-0.4, -0.2) is 9.55 Å². The molecule has 0 bridgehead atoms. The van der Waals surface area contributed by atoms with Crippen molar-refractivity contribution < 1.29 is 0 Å². The quantitative estimate of drug-likeness (QED) is 0.889. The third-order valence-corrected chi connectivity index (χ3v) is 3.09. The second-order valence-corrected chi connectivity index (χ2v) is 5.70. The Balaban J connectivity index is 2.27. The van der Waals surface area contributed by atoms with Gasteiger partial charge in [-0.3, -0.25) is 0 Å². The standard InChI is InChI=1S/C16H23N3/c1-11(2)9-19-10-14(5)17-16(19)18-15-7-6-12(3)8-13(15)4/h6-8,10-11H,9H2,1-5H3,(H,17,18). The molecule has 0 aliphatic heterocycles. The highest BCUT2D eigenvalue weighted by atomic mass is 15.2. The van der Waals surface area contributed by atoms with Crippen molar-refractivity contribution >= 4 is 11.6 Å². The van der Waals surface area contributed by atoms with Crippen LogP contribution in [-0.2, 0) is 6.54 Å². The molecule has 0 spiro atoms. The molecule has 0 amide bonds. The number of nitrogens with zero attached hydrogens (tertiary/aromatic N) is 2. The van der Waals surface area contributed by atoms with Crippen LogP contribution in [0, 0.1) is 26.7 Å². The molecule has 0 unspecified atom stereocenters. The summed E-state index contributed by atoms with van der Waals surface area (Å²) in [6.07, 6.45) is 2.10. The third-order valence-electron chi connectivity index (χ3n) is 3.09. The second kappa shape index (κ2) is 5.47. The summed E-state index contributed by atoms with van der Waals surface area (Å²) < 4.78 is 2.19. The number of anilines is 2. The minimum atomic E-state index is 0.605. The van der Waals surface area contributed by atoms with E-state index in [4.69, 9.17) is 0 Å². The Bertz CT molecular complexity index is 567. The lowest BCUT2D eigenvalue weighted by Gasteiger charge is -2.13. The van der Waals surface area contributed by atoms with E-state index >= 15 is 0 Å². The predicted octanol–water partition coefficient (Wildman–Crippen LogP) is 4.21. The molecule has 3 heteroatoms. The molecule has 1 aromatic heterocycles. The summed E-state index contributed by atoms with van der Waals surface area (Å²) in [6.45, 7) is 11.7. The van der Waals surface area contributed by atoms with E-state index in [0.717, 1.165) is 23.9 Å². The van der Waals surface area contributed by atoms with E-state index in [1.54, 1.807) is 0 Å².